The van der Waals surface area contributed by atoms with E-state index < -0.39 is 27.3 Å². The lowest BCUT2D eigenvalue weighted by Gasteiger charge is -2.45. The zero-order valence-corrected chi connectivity index (χ0v) is 30.7. The largest absolute Gasteiger partial charge is 0.490 e. The molecule has 2 aromatic rings. The lowest BCUT2D eigenvalue weighted by molar-refractivity contribution is 0.0456. The number of benzene rings is 2. The first kappa shape index (κ1) is 36.0. The molecule has 3 aliphatic carbocycles. The topological polar surface area (TPSA) is 95.9 Å². The predicted molar refractivity (Wildman–Crippen MR) is 198 cm³/mol. The van der Waals surface area contributed by atoms with Crippen LogP contribution in [0, 0.1) is 23.7 Å². The fraction of sp³-hybridized carbons (Fsp3) is 0.575. The predicted octanol–water partition coefficient (Wildman–Crippen LogP) is 8.00. The molecule has 49 heavy (non-hydrogen) atoms. The van der Waals surface area contributed by atoms with Crippen LogP contribution in [-0.2, 0) is 21.9 Å². The number of nitrogens with zero attached hydrogens (tertiary/aromatic N) is 1. The van der Waals surface area contributed by atoms with Crippen molar-refractivity contribution in [1.82, 2.24) is 4.72 Å². The van der Waals surface area contributed by atoms with Crippen molar-refractivity contribution < 1.29 is 23.1 Å². The number of halogens is 1. The van der Waals surface area contributed by atoms with Gasteiger partial charge in [0.2, 0.25) is 10.0 Å². The Balaban J connectivity index is 1.30. The average Bonchev–Trinajstić information content (AvgIpc) is 3.89. The summed E-state index contributed by atoms with van der Waals surface area (Å²) in [7, 11) is -3.93. The van der Waals surface area contributed by atoms with E-state index in [4.69, 9.17) is 16.3 Å². The highest BCUT2D eigenvalue weighted by atomic mass is 35.5. The molecular formula is C40H53ClN2O5S. The van der Waals surface area contributed by atoms with Crippen LogP contribution in [0.5, 0.6) is 5.75 Å². The van der Waals surface area contributed by atoms with E-state index in [1.165, 1.54) is 11.1 Å². The fourth-order valence-electron chi connectivity index (χ4n) is 8.38. The summed E-state index contributed by atoms with van der Waals surface area (Å²) in [5.74, 6) is 0.737. The number of ether oxygens (including phenoxy) is 1. The van der Waals surface area contributed by atoms with Crippen LogP contribution in [0.1, 0.15) is 99.5 Å². The van der Waals surface area contributed by atoms with Gasteiger partial charge in [-0.3, -0.25) is 4.79 Å². The van der Waals surface area contributed by atoms with E-state index in [-0.39, 0.29) is 28.7 Å². The Kier molecular flexibility index (Phi) is 11.2. The molecule has 6 rings (SSSR count). The van der Waals surface area contributed by atoms with E-state index in [1.54, 1.807) is 18.2 Å². The third-order valence-corrected chi connectivity index (χ3v) is 13.7. The number of sulfonamides is 1. The quantitative estimate of drug-likeness (QED) is 0.193. The number of aliphatic hydroxyl groups is 1. The lowest BCUT2D eigenvalue weighted by Crippen LogP contribution is -2.49. The monoisotopic (exact) mass is 708 g/mol. The number of rotatable bonds is 14. The van der Waals surface area contributed by atoms with Crippen LogP contribution in [0.3, 0.4) is 0 Å². The standard InChI is InChI=1S/C40H53ClN2O5S/c1-4-6-7-11-36(44)33-17-14-31(33)24-43-25-40(20-8-10-29-22-32(41)16-18-34(29)40)26-48-37-19-15-30(23-35(37)43)39(45)42-49(46,47)38(21-28-12-13-28)27(3)9-5-2/h5,7,11,15-16,18-19,22-23,27-28,31,33,36,38,44H,2,4,6,8-10,12-14,17,20-21,24-26H2,1,3H3,(H,42,45)/b11-7+/t27?,31-,33+,36?,38?,40-/m0/s1. The maximum Gasteiger partial charge on any atom is 0.264 e. The zero-order valence-electron chi connectivity index (χ0n) is 29.1. The molecule has 7 nitrogen and oxygen atoms in total. The third kappa shape index (κ3) is 8.07. The van der Waals surface area contributed by atoms with Crippen LogP contribution in [0.15, 0.2) is 61.2 Å². The second-order valence-electron chi connectivity index (χ2n) is 15.2. The van der Waals surface area contributed by atoms with Crippen LogP contribution in [0.2, 0.25) is 5.02 Å². The van der Waals surface area contributed by atoms with Crippen LogP contribution in [0.4, 0.5) is 5.69 Å². The van der Waals surface area contributed by atoms with Gasteiger partial charge in [-0.2, -0.15) is 0 Å². The van der Waals surface area contributed by atoms with Gasteiger partial charge in [-0.15, -0.1) is 6.58 Å². The summed E-state index contributed by atoms with van der Waals surface area (Å²) in [5.41, 5.74) is 3.31. The number of aryl methyl sites for hydroxylation is 1. The van der Waals surface area contributed by atoms with E-state index in [9.17, 15) is 18.3 Å². The van der Waals surface area contributed by atoms with Crippen molar-refractivity contribution in [3.05, 3.63) is 82.9 Å². The van der Waals surface area contributed by atoms with Crippen molar-refractivity contribution in [2.24, 2.45) is 23.7 Å². The summed E-state index contributed by atoms with van der Waals surface area (Å²) in [6, 6.07) is 11.5. The number of nitrogens with one attached hydrogen (secondary N) is 1. The molecule has 0 radical (unpaired) electrons. The van der Waals surface area contributed by atoms with Gasteiger partial charge in [-0.05, 0) is 116 Å². The Hall–Kier alpha value is -2.81. The van der Waals surface area contributed by atoms with Gasteiger partial charge in [0.1, 0.15) is 5.75 Å². The SMILES string of the molecule is C=CCC(C)C(CC1CC1)S(=O)(=O)NC(=O)c1ccc2c(c1)N(C[C@@H]1CC[C@H]1C(O)/C=C/CCC)C[C@@]1(CCCc3cc(Cl)ccc31)CO2. The highest BCUT2D eigenvalue weighted by molar-refractivity contribution is 7.90. The molecule has 4 aliphatic rings. The maximum atomic E-state index is 13.7. The van der Waals surface area contributed by atoms with E-state index in [0.29, 0.717) is 44.2 Å². The Morgan fingerprint density at radius 2 is 2.02 bits per heavy atom. The van der Waals surface area contributed by atoms with Gasteiger partial charge in [-0.1, -0.05) is 69.0 Å². The molecule has 2 saturated carbocycles. The van der Waals surface area contributed by atoms with Gasteiger partial charge >= 0.3 is 0 Å². The average molecular weight is 709 g/mol. The summed E-state index contributed by atoms with van der Waals surface area (Å²) in [5, 5.41) is 11.2. The highest BCUT2D eigenvalue weighted by Gasteiger charge is 2.44. The molecule has 2 aromatic carbocycles. The number of carbonyl (C=O) groups excluding carboxylic acids is 1. The second-order valence-corrected chi connectivity index (χ2v) is 17.5. The number of hydrogen-bond donors (Lipinski definition) is 2. The number of amides is 1. The van der Waals surface area contributed by atoms with Gasteiger partial charge in [0.25, 0.3) is 5.91 Å². The van der Waals surface area contributed by atoms with Crippen molar-refractivity contribution in [3.8, 4) is 5.75 Å². The molecule has 1 aliphatic heterocycles. The minimum absolute atomic E-state index is 0.147. The first-order chi connectivity index (χ1) is 23.5. The summed E-state index contributed by atoms with van der Waals surface area (Å²) in [4.78, 5) is 16.1. The van der Waals surface area contributed by atoms with Crippen LogP contribution < -0.4 is 14.4 Å². The number of anilines is 1. The number of unbranched alkanes of at least 4 members (excludes halogenated alkanes) is 1. The molecule has 2 N–H and O–H groups in total. The highest BCUT2D eigenvalue weighted by Crippen LogP contribution is 2.47. The zero-order chi connectivity index (χ0) is 34.8. The summed E-state index contributed by atoms with van der Waals surface area (Å²) < 4.78 is 36.5. The van der Waals surface area contributed by atoms with Gasteiger partial charge in [0.15, 0.2) is 0 Å². The molecule has 1 amide bonds. The molecule has 0 aromatic heterocycles. The van der Waals surface area contributed by atoms with Gasteiger partial charge in [0.05, 0.1) is 23.6 Å². The van der Waals surface area contributed by atoms with Crippen LogP contribution in [-0.4, -0.2) is 50.5 Å². The molecule has 3 unspecified atom stereocenters. The number of fused-ring (bicyclic) bond motifs is 3. The number of allylic oxidation sites excluding steroid dienone is 2. The molecule has 9 heteroatoms. The Bertz CT molecular complexity index is 1660. The maximum absolute atomic E-state index is 13.7. The van der Waals surface area contributed by atoms with Crippen molar-refractivity contribution >= 4 is 33.2 Å². The number of carbonyl (C=O) groups is 1. The molecule has 1 heterocycles. The Labute approximate surface area is 298 Å². The van der Waals surface area contributed by atoms with E-state index in [1.807, 2.05) is 25.1 Å². The minimum Gasteiger partial charge on any atom is -0.490 e. The first-order valence-electron chi connectivity index (χ1n) is 18.4. The smallest absolute Gasteiger partial charge is 0.264 e. The normalized spacial score (nSPS) is 25.3. The van der Waals surface area contributed by atoms with Gasteiger partial charge in [0, 0.05) is 29.1 Å². The van der Waals surface area contributed by atoms with Crippen molar-refractivity contribution in [1.29, 1.82) is 0 Å². The Morgan fingerprint density at radius 1 is 1.20 bits per heavy atom. The van der Waals surface area contributed by atoms with E-state index in [0.717, 1.165) is 68.5 Å². The molecule has 266 valence electrons. The molecule has 1 spiro atoms. The molecule has 6 atom stereocenters. The van der Waals surface area contributed by atoms with E-state index in [2.05, 4.69) is 41.3 Å². The van der Waals surface area contributed by atoms with Gasteiger partial charge in [-0.25, -0.2) is 13.1 Å². The summed E-state index contributed by atoms with van der Waals surface area (Å²) >= 11 is 6.44. The molecule has 2 fully saturated rings. The Morgan fingerprint density at radius 3 is 2.73 bits per heavy atom. The van der Waals surface area contributed by atoms with Crippen molar-refractivity contribution in [2.45, 2.75) is 101 Å². The third-order valence-electron chi connectivity index (χ3n) is 11.5. The van der Waals surface area contributed by atoms with Crippen molar-refractivity contribution in [3.63, 3.8) is 0 Å². The van der Waals surface area contributed by atoms with Crippen LogP contribution >= 0.6 is 11.6 Å². The minimum atomic E-state index is -3.93. The molecule has 0 saturated heterocycles. The number of aliphatic hydroxyl groups excluding tert-OH is 1. The van der Waals surface area contributed by atoms with Gasteiger partial charge < -0.3 is 14.7 Å². The number of hydrogen-bond acceptors (Lipinski definition) is 6. The molecular weight excluding hydrogens is 656 g/mol. The first-order valence-corrected chi connectivity index (χ1v) is 20.3. The van der Waals surface area contributed by atoms with Crippen LogP contribution in [0.25, 0.3) is 0 Å². The second kappa shape index (κ2) is 15.2. The molecule has 0 bridgehead atoms. The lowest BCUT2D eigenvalue weighted by atomic mass is 9.68. The summed E-state index contributed by atoms with van der Waals surface area (Å²) in [6.45, 7) is 9.75. The summed E-state index contributed by atoms with van der Waals surface area (Å²) in [6.07, 6.45) is 15.4. The van der Waals surface area contributed by atoms with E-state index >= 15 is 0 Å². The van der Waals surface area contributed by atoms with Crippen molar-refractivity contribution in [2.75, 3.05) is 24.6 Å². The fourth-order valence-corrected chi connectivity index (χ4v) is 10.4.